The molecule has 0 fully saturated rings. The summed E-state index contributed by atoms with van der Waals surface area (Å²) >= 11 is 0. The van der Waals surface area contributed by atoms with Gasteiger partial charge in [-0.2, -0.15) is 13.2 Å². The molecule has 1 rings (SSSR count). The fraction of sp³-hybridized carbons (Fsp3) is 0.500. The minimum Gasteiger partial charge on any atom is -0.465 e. The van der Waals surface area contributed by atoms with Crippen LogP contribution < -0.4 is 0 Å². The average Bonchev–Trinajstić information content (AvgIpc) is 2.73. The van der Waals surface area contributed by atoms with Gasteiger partial charge in [-0.15, -0.1) is 0 Å². The summed E-state index contributed by atoms with van der Waals surface area (Å²) < 4.78 is 46.2. The number of esters is 1. The number of carbonyl (C=O) groups excluding carboxylic acids is 2. The number of Topliss-reactive ketones (excluding diaryl/α,β-unsaturated/α-hetero) is 1. The lowest BCUT2D eigenvalue weighted by molar-refractivity contribution is -0.153. The third-order valence-electron chi connectivity index (χ3n) is 2.41. The van der Waals surface area contributed by atoms with Gasteiger partial charge < -0.3 is 9.15 Å². The molecule has 0 aliphatic carbocycles. The Bertz CT molecular complexity index is 462. The molecule has 0 saturated heterocycles. The van der Waals surface area contributed by atoms with E-state index in [1.54, 1.807) is 6.92 Å². The molecular formula is C12H13F3O4. The van der Waals surface area contributed by atoms with E-state index in [0.717, 1.165) is 12.1 Å². The van der Waals surface area contributed by atoms with Crippen molar-refractivity contribution in [2.75, 3.05) is 6.61 Å². The van der Waals surface area contributed by atoms with Gasteiger partial charge in [-0.25, -0.2) is 0 Å². The van der Waals surface area contributed by atoms with Gasteiger partial charge in [-0.05, 0) is 26.0 Å². The van der Waals surface area contributed by atoms with Crippen molar-refractivity contribution in [2.45, 2.75) is 26.4 Å². The standard InChI is InChI=1S/C12H13F3O4/c1-3-18-11(17)9(7(2)16)6-8-4-5-10(19-8)12(13,14)15/h4-5,9H,3,6H2,1-2H3. The molecule has 0 radical (unpaired) electrons. The monoisotopic (exact) mass is 278 g/mol. The van der Waals surface area contributed by atoms with E-state index in [9.17, 15) is 22.8 Å². The maximum Gasteiger partial charge on any atom is 0.449 e. The fourth-order valence-electron chi connectivity index (χ4n) is 1.48. The molecule has 0 aliphatic heterocycles. The van der Waals surface area contributed by atoms with Crippen LogP contribution in [0.25, 0.3) is 0 Å². The summed E-state index contributed by atoms with van der Waals surface area (Å²) in [5.74, 6) is -3.63. The zero-order valence-electron chi connectivity index (χ0n) is 10.4. The molecule has 0 saturated carbocycles. The minimum absolute atomic E-state index is 0.0828. The second-order valence-corrected chi connectivity index (χ2v) is 3.88. The molecule has 1 aromatic heterocycles. The highest BCUT2D eigenvalue weighted by Crippen LogP contribution is 2.31. The molecule has 1 atom stereocenters. The summed E-state index contributed by atoms with van der Waals surface area (Å²) in [6.07, 6.45) is -4.84. The maximum atomic E-state index is 12.3. The number of rotatable bonds is 5. The molecule has 1 aromatic rings. The molecule has 4 nitrogen and oxygen atoms in total. The van der Waals surface area contributed by atoms with Crippen LogP contribution in [0.3, 0.4) is 0 Å². The normalized spacial score (nSPS) is 13.1. The number of carbonyl (C=O) groups is 2. The highest BCUT2D eigenvalue weighted by atomic mass is 19.4. The van der Waals surface area contributed by atoms with E-state index < -0.39 is 29.6 Å². The average molecular weight is 278 g/mol. The van der Waals surface area contributed by atoms with Crippen molar-refractivity contribution in [2.24, 2.45) is 5.92 Å². The number of hydrogen-bond acceptors (Lipinski definition) is 4. The number of ether oxygens (including phenoxy) is 1. The van der Waals surface area contributed by atoms with Crippen LogP contribution in [0.4, 0.5) is 13.2 Å². The van der Waals surface area contributed by atoms with E-state index in [4.69, 9.17) is 0 Å². The Kier molecular flexibility index (Phi) is 4.74. The van der Waals surface area contributed by atoms with Crippen molar-refractivity contribution < 1.29 is 31.9 Å². The summed E-state index contributed by atoms with van der Waals surface area (Å²) in [7, 11) is 0. The quantitative estimate of drug-likeness (QED) is 0.613. The molecule has 0 aliphatic rings. The molecule has 0 spiro atoms. The zero-order chi connectivity index (χ0) is 14.6. The van der Waals surface area contributed by atoms with Crippen molar-refractivity contribution >= 4 is 11.8 Å². The predicted octanol–water partition coefficient (Wildman–Crippen LogP) is 2.61. The molecule has 1 unspecified atom stereocenters. The smallest absolute Gasteiger partial charge is 0.449 e. The Labute approximate surface area is 107 Å². The van der Waals surface area contributed by atoms with Gasteiger partial charge in [0.2, 0.25) is 5.76 Å². The van der Waals surface area contributed by atoms with E-state index in [0.29, 0.717) is 0 Å². The SMILES string of the molecule is CCOC(=O)C(Cc1ccc(C(F)(F)F)o1)C(C)=O. The van der Waals surface area contributed by atoms with Gasteiger partial charge in [0.15, 0.2) is 0 Å². The fourth-order valence-corrected chi connectivity index (χ4v) is 1.48. The lowest BCUT2D eigenvalue weighted by atomic mass is 10.00. The van der Waals surface area contributed by atoms with E-state index in [-0.39, 0.29) is 18.8 Å². The van der Waals surface area contributed by atoms with Crippen LogP contribution in [0, 0.1) is 5.92 Å². The van der Waals surface area contributed by atoms with Crippen molar-refractivity contribution in [3.8, 4) is 0 Å². The Balaban J connectivity index is 2.83. The highest BCUT2D eigenvalue weighted by Gasteiger charge is 2.35. The van der Waals surface area contributed by atoms with Gasteiger partial charge in [0, 0.05) is 6.42 Å². The van der Waals surface area contributed by atoms with Gasteiger partial charge in [-0.1, -0.05) is 0 Å². The summed E-state index contributed by atoms with van der Waals surface area (Å²) in [5.41, 5.74) is 0. The number of ketones is 1. The van der Waals surface area contributed by atoms with Crippen LogP contribution >= 0.6 is 0 Å². The van der Waals surface area contributed by atoms with Crippen molar-refractivity contribution in [3.05, 3.63) is 23.7 Å². The van der Waals surface area contributed by atoms with Crippen molar-refractivity contribution in [3.63, 3.8) is 0 Å². The molecule has 0 amide bonds. The molecule has 19 heavy (non-hydrogen) atoms. The Hall–Kier alpha value is -1.79. The minimum atomic E-state index is -4.59. The Morgan fingerprint density at radius 2 is 2.00 bits per heavy atom. The van der Waals surface area contributed by atoms with Crippen LogP contribution in [-0.4, -0.2) is 18.4 Å². The molecule has 7 heteroatoms. The summed E-state index contributed by atoms with van der Waals surface area (Å²) in [6, 6.07) is 1.86. The van der Waals surface area contributed by atoms with Gasteiger partial charge >= 0.3 is 12.1 Å². The lowest BCUT2D eigenvalue weighted by Gasteiger charge is -2.10. The second kappa shape index (κ2) is 5.90. The van der Waals surface area contributed by atoms with Gasteiger partial charge in [0.05, 0.1) is 6.61 Å². The van der Waals surface area contributed by atoms with Gasteiger partial charge in [0.25, 0.3) is 0 Å². The second-order valence-electron chi connectivity index (χ2n) is 3.88. The summed E-state index contributed by atoms with van der Waals surface area (Å²) in [6.45, 7) is 2.84. The number of furan rings is 1. The first-order chi connectivity index (χ1) is 8.75. The number of hydrogen-bond donors (Lipinski definition) is 0. The van der Waals surface area contributed by atoms with Gasteiger partial charge in [0.1, 0.15) is 17.5 Å². The molecule has 106 valence electrons. The topological polar surface area (TPSA) is 56.5 Å². The van der Waals surface area contributed by atoms with Gasteiger partial charge in [-0.3, -0.25) is 9.59 Å². The van der Waals surface area contributed by atoms with Crippen LogP contribution in [0.1, 0.15) is 25.4 Å². The molecule has 0 aromatic carbocycles. The van der Waals surface area contributed by atoms with Crippen LogP contribution in [0.15, 0.2) is 16.5 Å². The van der Waals surface area contributed by atoms with E-state index >= 15 is 0 Å². The molecule has 1 heterocycles. The third-order valence-corrected chi connectivity index (χ3v) is 2.41. The maximum absolute atomic E-state index is 12.3. The Morgan fingerprint density at radius 1 is 1.37 bits per heavy atom. The molecule has 0 N–H and O–H groups in total. The predicted molar refractivity (Wildman–Crippen MR) is 58.2 cm³/mol. The first kappa shape index (κ1) is 15.3. The number of alkyl halides is 3. The Morgan fingerprint density at radius 3 is 2.42 bits per heavy atom. The van der Waals surface area contributed by atoms with Crippen LogP contribution in [0.5, 0.6) is 0 Å². The largest absolute Gasteiger partial charge is 0.465 e. The van der Waals surface area contributed by atoms with Crippen molar-refractivity contribution in [1.29, 1.82) is 0 Å². The number of halogens is 3. The van der Waals surface area contributed by atoms with E-state index in [1.165, 1.54) is 6.92 Å². The molecule has 0 bridgehead atoms. The lowest BCUT2D eigenvalue weighted by Crippen LogP contribution is -2.26. The van der Waals surface area contributed by atoms with Crippen LogP contribution in [-0.2, 0) is 26.9 Å². The first-order valence-electron chi connectivity index (χ1n) is 5.58. The molecular weight excluding hydrogens is 265 g/mol. The third kappa shape index (κ3) is 4.11. The van der Waals surface area contributed by atoms with Crippen LogP contribution in [0.2, 0.25) is 0 Å². The first-order valence-corrected chi connectivity index (χ1v) is 5.58. The highest BCUT2D eigenvalue weighted by molar-refractivity contribution is 5.97. The van der Waals surface area contributed by atoms with Crippen molar-refractivity contribution in [1.82, 2.24) is 0 Å². The zero-order valence-corrected chi connectivity index (χ0v) is 10.4. The summed E-state index contributed by atoms with van der Waals surface area (Å²) in [4.78, 5) is 22.8. The van der Waals surface area contributed by atoms with E-state index in [2.05, 4.69) is 9.15 Å². The summed E-state index contributed by atoms with van der Waals surface area (Å²) in [5, 5.41) is 0. The van der Waals surface area contributed by atoms with E-state index in [1.807, 2.05) is 0 Å².